The molecule has 0 saturated heterocycles. The second-order valence-electron chi connectivity index (χ2n) is 5.51. The molecular weight excluding hydrogens is 250 g/mol. The summed E-state index contributed by atoms with van der Waals surface area (Å²) in [5.74, 6) is 0.685. The lowest BCUT2D eigenvalue weighted by Crippen LogP contribution is -2.19. The molecule has 20 heavy (non-hydrogen) atoms. The van der Waals surface area contributed by atoms with Crippen LogP contribution in [-0.4, -0.2) is 26.4 Å². The van der Waals surface area contributed by atoms with Crippen LogP contribution in [0.3, 0.4) is 0 Å². The molecule has 1 aromatic rings. The molecule has 114 valence electrons. The molecule has 0 aromatic heterocycles. The van der Waals surface area contributed by atoms with Gasteiger partial charge in [-0.3, -0.25) is 0 Å². The van der Waals surface area contributed by atoms with Gasteiger partial charge in [-0.15, -0.1) is 0 Å². The maximum atomic E-state index is 5.62. The van der Waals surface area contributed by atoms with E-state index in [-0.39, 0.29) is 0 Å². The monoisotopic (exact) mass is 279 g/mol. The van der Waals surface area contributed by atoms with Gasteiger partial charge in [-0.25, -0.2) is 0 Å². The lowest BCUT2D eigenvalue weighted by atomic mass is 10.1. The van der Waals surface area contributed by atoms with Gasteiger partial charge in [-0.2, -0.15) is 0 Å². The highest BCUT2D eigenvalue weighted by Gasteiger charge is 1.98. The summed E-state index contributed by atoms with van der Waals surface area (Å²) in [6.07, 6.45) is 1.06. The summed E-state index contributed by atoms with van der Waals surface area (Å²) in [4.78, 5) is 0. The van der Waals surface area contributed by atoms with Gasteiger partial charge in [0.1, 0.15) is 0 Å². The third-order valence-electron chi connectivity index (χ3n) is 2.86. The van der Waals surface area contributed by atoms with Crippen LogP contribution in [0, 0.1) is 5.92 Å². The fourth-order valence-electron chi connectivity index (χ4n) is 1.89. The summed E-state index contributed by atoms with van der Waals surface area (Å²) in [5.41, 5.74) is 2.54. The molecule has 3 nitrogen and oxygen atoms in total. The number of ether oxygens (including phenoxy) is 2. The van der Waals surface area contributed by atoms with Gasteiger partial charge in [0.15, 0.2) is 0 Å². The molecule has 0 atom stereocenters. The quantitative estimate of drug-likeness (QED) is 0.630. The first-order valence-corrected chi connectivity index (χ1v) is 7.66. The number of hydrogen-bond donors (Lipinski definition) is 1. The van der Waals surface area contributed by atoms with E-state index in [0.717, 1.165) is 26.1 Å². The van der Waals surface area contributed by atoms with Gasteiger partial charge in [0.25, 0.3) is 0 Å². The van der Waals surface area contributed by atoms with Crippen LogP contribution in [0.5, 0.6) is 0 Å². The average Bonchev–Trinajstić information content (AvgIpc) is 2.43. The lowest BCUT2D eigenvalue weighted by molar-refractivity contribution is 0.0408. The van der Waals surface area contributed by atoms with Crippen molar-refractivity contribution < 1.29 is 9.47 Å². The Morgan fingerprint density at radius 2 is 1.80 bits per heavy atom. The highest BCUT2D eigenvalue weighted by molar-refractivity contribution is 5.22. The minimum absolute atomic E-state index is 0.660. The number of rotatable bonds is 11. The normalized spacial score (nSPS) is 11.2. The molecule has 0 aliphatic heterocycles. The Balaban J connectivity index is 2.22. The van der Waals surface area contributed by atoms with Crippen molar-refractivity contribution in [3.05, 3.63) is 35.4 Å². The van der Waals surface area contributed by atoms with E-state index in [9.17, 15) is 0 Å². The van der Waals surface area contributed by atoms with Crippen molar-refractivity contribution in [3.63, 3.8) is 0 Å². The molecule has 0 aliphatic carbocycles. The molecule has 0 spiro atoms. The molecule has 0 unspecified atom stereocenters. The predicted octanol–water partition coefficient (Wildman–Crippen LogP) is 3.38. The van der Waals surface area contributed by atoms with Crippen molar-refractivity contribution in [1.29, 1.82) is 0 Å². The Morgan fingerprint density at radius 1 is 1.05 bits per heavy atom. The fourth-order valence-corrected chi connectivity index (χ4v) is 1.89. The van der Waals surface area contributed by atoms with Gasteiger partial charge in [0.2, 0.25) is 0 Å². The van der Waals surface area contributed by atoms with Crippen LogP contribution in [0.25, 0.3) is 0 Å². The SMILES string of the molecule is CCCOCCOCc1cccc(CNCC(C)C)c1. The first-order valence-electron chi connectivity index (χ1n) is 7.66. The zero-order valence-electron chi connectivity index (χ0n) is 13.2. The smallest absolute Gasteiger partial charge is 0.0718 e. The Hall–Kier alpha value is -0.900. The van der Waals surface area contributed by atoms with E-state index in [1.54, 1.807) is 0 Å². The molecule has 3 heteroatoms. The van der Waals surface area contributed by atoms with Crippen LogP contribution < -0.4 is 5.32 Å². The molecule has 0 aliphatic rings. The van der Waals surface area contributed by atoms with Crippen molar-refractivity contribution in [2.75, 3.05) is 26.4 Å². The second kappa shape index (κ2) is 10.8. The zero-order chi connectivity index (χ0) is 14.6. The molecule has 0 saturated carbocycles. The third-order valence-corrected chi connectivity index (χ3v) is 2.86. The van der Waals surface area contributed by atoms with E-state index < -0.39 is 0 Å². The maximum Gasteiger partial charge on any atom is 0.0718 e. The van der Waals surface area contributed by atoms with Gasteiger partial charge >= 0.3 is 0 Å². The molecule has 0 amide bonds. The predicted molar refractivity (Wildman–Crippen MR) is 83.8 cm³/mol. The summed E-state index contributed by atoms with van der Waals surface area (Å²) >= 11 is 0. The van der Waals surface area contributed by atoms with Gasteiger partial charge in [0, 0.05) is 13.2 Å². The Kier molecular flexibility index (Phi) is 9.29. The summed E-state index contributed by atoms with van der Waals surface area (Å²) < 4.78 is 11.0. The molecule has 0 radical (unpaired) electrons. The number of hydrogen-bond acceptors (Lipinski definition) is 3. The lowest BCUT2D eigenvalue weighted by Gasteiger charge is -2.09. The summed E-state index contributed by atoms with van der Waals surface area (Å²) in [6.45, 7) is 11.4. The van der Waals surface area contributed by atoms with Crippen molar-refractivity contribution in [2.24, 2.45) is 5.92 Å². The summed E-state index contributed by atoms with van der Waals surface area (Å²) in [7, 11) is 0. The molecule has 0 bridgehead atoms. The third kappa shape index (κ3) is 8.31. The summed E-state index contributed by atoms with van der Waals surface area (Å²) in [6, 6.07) is 8.57. The molecule has 1 rings (SSSR count). The second-order valence-corrected chi connectivity index (χ2v) is 5.51. The van der Waals surface area contributed by atoms with Gasteiger partial charge < -0.3 is 14.8 Å². The minimum Gasteiger partial charge on any atom is -0.379 e. The molecular formula is C17H29NO2. The fraction of sp³-hybridized carbons (Fsp3) is 0.647. The van der Waals surface area contributed by atoms with E-state index in [1.807, 2.05) is 0 Å². The Labute approximate surface area is 123 Å². The van der Waals surface area contributed by atoms with Crippen LogP contribution in [0.1, 0.15) is 38.3 Å². The zero-order valence-corrected chi connectivity index (χ0v) is 13.2. The van der Waals surface area contributed by atoms with Gasteiger partial charge in [-0.05, 0) is 30.0 Å². The Bertz CT molecular complexity index is 353. The van der Waals surface area contributed by atoms with Crippen LogP contribution in [0.15, 0.2) is 24.3 Å². The minimum atomic E-state index is 0.660. The topological polar surface area (TPSA) is 30.5 Å². The molecule has 0 heterocycles. The maximum absolute atomic E-state index is 5.62. The van der Waals surface area contributed by atoms with E-state index in [4.69, 9.17) is 9.47 Å². The van der Waals surface area contributed by atoms with E-state index in [0.29, 0.717) is 25.7 Å². The van der Waals surface area contributed by atoms with Crippen LogP contribution in [0.2, 0.25) is 0 Å². The first-order chi connectivity index (χ1) is 9.72. The van der Waals surface area contributed by atoms with Crippen molar-refractivity contribution in [2.45, 2.75) is 40.3 Å². The van der Waals surface area contributed by atoms with Crippen molar-refractivity contribution >= 4 is 0 Å². The summed E-state index contributed by atoms with van der Waals surface area (Å²) in [5, 5.41) is 3.46. The van der Waals surface area contributed by atoms with Crippen molar-refractivity contribution in [3.8, 4) is 0 Å². The van der Waals surface area contributed by atoms with Crippen LogP contribution >= 0.6 is 0 Å². The Morgan fingerprint density at radius 3 is 2.55 bits per heavy atom. The van der Waals surface area contributed by atoms with E-state index in [2.05, 4.69) is 50.4 Å². The molecule has 1 N–H and O–H groups in total. The molecule has 1 aromatic carbocycles. The van der Waals surface area contributed by atoms with Gasteiger partial charge in [-0.1, -0.05) is 45.0 Å². The highest BCUT2D eigenvalue weighted by Crippen LogP contribution is 2.07. The molecule has 0 fully saturated rings. The first kappa shape index (κ1) is 17.2. The highest BCUT2D eigenvalue weighted by atomic mass is 16.5. The van der Waals surface area contributed by atoms with E-state index >= 15 is 0 Å². The van der Waals surface area contributed by atoms with Crippen molar-refractivity contribution in [1.82, 2.24) is 5.32 Å². The average molecular weight is 279 g/mol. The van der Waals surface area contributed by atoms with Crippen LogP contribution in [-0.2, 0) is 22.6 Å². The van der Waals surface area contributed by atoms with E-state index in [1.165, 1.54) is 11.1 Å². The number of benzene rings is 1. The largest absolute Gasteiger partial charge is 0.379 e. The van der Waals surface area contributed by atoms with Crippen LogP contribution in [0.4, 0.5) is 0 Å². The van der Waals surface area contributed by atoms with Gasteiger partial charge in [0.05, 0.1) is 19.8 Å². The number of nitrogens with one attached hydrogen (secondary N) is 1. The standard InChI is InChI=1S/C17H29NO2/c1-4-8-19-9-10-20-14-17-7-5-6-16(11-17)13-18-12-15(2)3/h5-7,11,15,18H,4,8-10,12-14H2,1-3H3.